The summed E-state index contributed by atoms with van der Waals surface area (Å²) < 4.78 is 1.21. The fraction of sp³-hybridized carbons (Fsp3) is 0.600. The highest BCUT2D eigenvalue weighted by Crippen LogP contribution is 2.24. The Kier molecular flexibility index (Phi) is 3.16. The van der Waals surface area contributed by atoms with Crippen LogP contribution in [0.1, 0.15) is 12.8 Å². The Morgan fingerprint density at radius 1 is 1.50 bits per heavy atom. The van der Waals surface area contributed by atoms with Crippen molar-refractivity contribution in [2.75, 3.05) is 18.0 Å². The first-order valence-electron chi connectivity index (χ1n) is 5.24. The van der Waals surface area contributed by atoms with Gasteiger partial charge in [-0.15, -0.1) is 0 Å². The molecule has 2 heterocycles. The fourth-order valence-corrected chi connectivity index (χ4v) is 2.12. The van der Waals surface area contributed by atoms with Crippen LogP contribution in [0.2, 0.25) is 5.02 Å². The molecule has 88 valence electrons. The molecular weight excluding hydrogens is 230 g/mol. The molecule has 0 bridgehead atoms. The van der Waals surface area contributed by atoms with Crippen LogP contribution >= 0.6 is 11.6 Å². The normalized spacial score (nSPS) is 17.8. The molecule has 0 spiro atoms. The van der Waals surface area contributed by atoms with Crippen molar-refractivity contribution < 1.29 is 5.11 Å². The maximum atomic E-state index is 11.6. The Hall–Kier alpha value is -1.07. The number of aryl methyl sites for hydroxylation is 1. The minimum absolute atomic E-state index is 0.203. The Morgan fingerprint density at radius 2 is 2.12 bits per heavy atom. The number of aromatic nitrogens is 2. The van der Waals surface area contributed by atoms with E-state index in [1.807, 2.05) is 4.90 Å². The van der Waals surface area contributed by atoms with Crippen molar-refractivity contribution in [3.8, 4) is 0 Å². The molecule has 6 heteroatoms. The van der Waals surface area contributed by atoms with Crippen LogP contribution in [-0.2, 0) is 7.05 Å². The van der Waals surface area contributed by atoms with Crippen LogP contribution < -0.4 is 10.5 Å². The lowest BCUT2D eigenvalue weighted by molar-refractivity contribution is 0.145. The zero-order chi connectivity index (χ0) is 11.7. The molecule has 5 nitrogen and oxygen atoms in total. The van der Waals surface area contributed by atoms with Gasteiger partial charge in [0.05, 0.1) is 18.0 Å². The lowest BCUT2D eigenvalue weighted by atomic mass is 10.1. The second-order valence-electron chi connectivity index (χ2n) is 3.99. The number of anilines is 1. The molecule has 0 aromatic carbocycles. The summed E-state index contributed by atoms with van der Waals surface area (Å²) in [6.07, 6.45) is 2.76. The highest BCUT2D eigenvalue weighted by atomic mass is 35.5. The quantitative estimate of drug-likeness (QED) is 0.776. The molecular formula is C10H14ClN3O2. The summed E-state index contributed by atoms with van der Waals surface area (Å²) in [5, 5.41) is 13.6. The molecule has 0 radical (unpaired) electrons. The summed E-state index contributed by atoms with van der Waals surface area (Å²) in [4.78, 5) is 13.6. The third-order valence-corrected chi connectivity index (χ3v) is 3.22. The number of hydrogen-bond acceptors (Lipinski definition) is 4. The van der Waals surface area contributed by atoms with E-state index in [9.17, 15) is 9.90 Å². The van der Waals surface area contributed by atoms with Gasteiger partial charge in [-0.2, -0.15) is 5.10 Å². The van der Waals surface area contributed by atoms with Gasteiger partial charge < -0.3 is 10.0 Å². The predicted molar refractivity (Wildman–Crippen MR) is 61.9 cm³/mol. The van der Waals surface area contributed by atoms with Gasteiger partial charge in [0.15, 0.2) is 0 Å². The summed E-state index contributed by atoms with van der Waals surface area (Å²) in [6.45, 7) is 1.41. The van der Waals surface area contributed by atoms with Gasteiger partial charge in [0.2, 0.25) is 0 Å². The fourth-order valence-electron chi connectivity index (χ4n) is 1.83. The van der Waals surface area contributed by atoms with E-state index in [1.54, 1.807) is 13.2 Å². The Balaban J connectivity index is 2.28. The first-order valence-corrected chi connectivity index (χ1v) is 5.62. The van der Waals surface area contributed by atoms with E-state index in [0.29, 0.717) is 31.6 Å². The molecule has 1 N–H and O–H groups in total. The first-order chi connectivity index (χ1) is 7.59. The summed E-state index contributed by atoms with van der Waals surface area (Å²) in [7, 11) is 1.57. The first kappa shape index (κ1) is 11.4. The molecule has 1 aromatic rings. The van der Waals surface area contributed by atoms with Crippen LogP contribution in [0.15, 0.2) is 11.0 Å². The predicted octanol–water partition coefficient (Wildman–Crippen LogP) is 0.395. The zero-order valence-electron chi connectivity index (χ0n) is 9.06. The molecule has 2 rings (SSSR count). The smallest absolute Gasteiger partial charge is 0.287 e. The van der Waals surface area contributed by atoms with Gasteiger partial charge in [-0.25, -0.2) is 4.68 Å². The standard InChI is InChI=1S/C10H14ClN3O2/c1-13-10(16)9(11)8(6-12-13)14-4-2-7(15)3-5-14/h6-7,15H,2-5H2,1H3. The second kappa shape index (κ2) is 4.43. The summed E-state index contributed by atoms with van der Waals surface area (Å²) in [6, 6.07) is 0. The van der Waals surface area contributed by atoms with Crippen molar-refractivity contribution >= 4 is 17.3 Å². The van der Waals surface area contributed by atoms with Gasteiger partial charge in [-0.05, 0) is 12.8 Å². The number of rotatable bonds is 1. The summed E-state index contributed by atoms with van der Waals surface area (Å²) in [5.41, 5.74) is 0.377. The van der Waals surface area contributed by atoms with E-state index in [0.717, 1.165) is 0 Å². The van der Waals surface area contributed by atoms with Crippen LogP contribution in [0.25, 0.3) is 0 Å². The maximum Gasteiger partial charge on any atom is 0.287 e. The highest BCUT2D eigenvalue weighted by Gasteiger charge is 2.20. The number of aliphatic hydroxyl groups is 1. The molecule has 0 atom stereocenters. The molecule has 0 aliphatic carbocycles. The molecule has 0 unspecified atom stereocenters. The minimum atomic E-state index is -0.287. The molecule has 1 aromatic heterocycles. The largest absolute Gasteiger partial charge is 0.393 e. The van der Waals surface area contributed by atoms with Crippen molar-refractivity contribution in [3.05, 3.63) is 21.6 Å². The number of piperidine rings is 1. The van der Waals surface area contributed by atoms with E-state index < -0.39 is 0 Å². The van der Waals surface area contributed by atoms with Crippen LogP contribution in [-0.4, -0.2) is 34.1 Å². The topological polar surface area (TPSA) is 58.4 Å². The Labute approximate surface area is 98.3 Å². The minimum Gasteiger partial charge on any atom is -0.393 e. The van der Waals surface area contributed by atoms with E-state index in [2.05, 4.69) is 5.10 Å². The van der Waals surface area contributed by atoms with Gasteiger partial charge in [0.25, 0.3) is 5.56 Å². The molecule has 0 saturated carbocycles. The Bertz CT molecular complexity index is 438. The summed E-state index contributed by atoms with van der Waals surface area (Å²) in [5.74, 6) is 0. The molecule has 1 fully saturated rings. The van der Waals surface area contributed by atoms with Gasteiger partial charge in [-0.3, -0.25) is 4.79 Å². The number of aliphatic hydroxyl groups excluding tert-OH is 1. The third-order valence-electron chi connectivity index (χ3n) is 2.86. The molecule has 1 aliphatic rings. The zero-order valence-corrected chi connectivity index (χ0v) is 9.81. The Morgan fingerprint density at radius 3 is 2.75 bits per heavy atom. The number of hydrogen-bond donors (Lipinski definition) is 1. The van der Waals surface area contributed by atoms with Crippen LogP contribution in [0, 0.1) is 0 Å². The van der Waals surface area contributed by atoms with Crippen LogP contribution in [0.3, 0.4) is 0 Å². The van der Waals surface area contributed by atoms with E-state index >= 15 is 0 Å². The van der Waals surface area contributed by atoms with Gasteiger partial charge in [-0.1, -0.05) is 11.6 Å². The van der Waals surface area contributed by atoms with Crippen molar-refractivity contribution in [1.82, 2.24) is 9.78 Å². The number of halogens is 1. The van der Waals surface area contributed by atoms with Crippen molar-refractivity contribution in [2.45, 2.75) is 18.9 Å². The average molecular weight is 244 g/mol. The molecule has 0 amide bonds. The summed E-state index contributed by atoms with van der Waals surface area (Å²) >= 11 is 5.99. The van der Waals surface area contributed by atoms with Crippen molar-refractivity contribution in [3.63, 3.8) is 0 Å². The monoisotopic (exact) mass is 243 g/mol. The average Bonchev–Trinajstić information content (AvgIpc) is 2.28. The SMILES string of the molecule is Cn1ncc(N2CCC(O)CC2)c(Cl)c1=O. The molecule has 1 aliphatic heterocycles. The van der Waals surface area contributed by atoms with Crippen LogP contribution in [0.5, 0.6) is 0 Å². The lowest BCUT2D eigenvalue weighted by Gasteiger charge is -2.31. The highest BCUT2D eigenvalue weighted by molar-refractivity contribution is 6.33. The number of nitrogens with zero attached hydrogens (tertiary/aromatic N) is 3. The van der Waals surface area contributed by atoms with Crippen molar-refractivity contribution in [1.29, 1.82) is 0 Å². The van der Waals surface area contributed by atoms with Gasteiger partial charge >= 0.3 is 0 Å². The van der Waals surface area contributed by atoms with Crippen LogP contribution in [0.4, 0.5) is 5.69 Å². The van der Waals surface area contributed by atoms with Gasteiger partial charge in [0, 0.05) is 20.1 Å². The third kappa shape index (κ3) is 2.05. The van der Waals surface area contributed by atoms with E-state index in [-0.39, 0.29) is 16.7 Å². The molecule has 1 saturated heterocycles. The maximum absolute atomic E-state index is 11.6. The second-order valence-corrected chi connectivity index (χ2v) is 4.37. The van der Waals surface area contributed by atoms with Gasteiger partial charge in [0.1, 0.15) is 5.02 Å². The van der Waals surface area contributed by atoms with E-state index in [1.165, 1.54) is 4.68 Å². The van der Waals surface area contributed by atoms with E-state index in [4.69, 9.17) is 11.6 Å². The van der Waals surface area contributed by atoms with Crippen molar-refractivity contribution in [2.24, 2.45) is 7.05 Å². The molecule has 16 heavy (non-hydrogen) atoms. The lowest BCUT2D eigenvalue weighted by Crippen LogP contribution is -2.37.